The van der Waals surface area contributed by atoms with Gasteiger partial charge in [0.15, 0.2) is 5.69 Å². The lowest BCUT2D eigenvalue weighted by Crippen LogP contribution is -2.49. The Kier molecular flexibility index (Phi) is 6.60. The highest BCUT2D eigenvalue weighted by Gasteiger charge is 2.21. The monoisotopic (exact) mass is 364 g/mol. The normalized spacial score (nSPS) is 11.3. The van der Waals surface area contributed by atoms with Crippen LogP contribution < -0.4 is 11.1 Å². The summed E-state index contributed by atoms with van der Waals surface area (Å²) in [5, 5.41) is 12.2. The van der Waals surface area contributed by atoms with Crippen molar-refractivity contribution in [3.8, 4) is 0 Å². The van der Waals surface area contributed by atoms with E-state index in [-0.39, 0.29) is 17.1 Å². The number of nitrogens with two attached hydrogens (primary N) is 1. The highest BCUT2D eigenvalue weighted by Crippen LogP contribution is 2.31. The first kappa shape index (κ1) is 18.7. The van der Waals surface area contributed by atoms with Gasteiger partial charge in [-0.05, 0) is 37.1 Å². The molecule has 1 amide bonds. The number of benzene rings is 1. The smallest absolute Gasteiger partial charge is 0.271 e. The molecule has 0 radical (unpaired) electrons. The summed E-state index contributed by atoms with van der Waals surface area (Å²) in [6, 6.07) is 10.9. The van der Waals surface area contributed by atoms with Crippen LogP contribution in [-0.4, -0.2) is 28.2 Å². The number of nitrogens with zero attached hydrogens (tertiary/aromatic N) is 2. The molecule has 2 rings (SSSR count). The first-order valence-corrected chi connectivity index (χ1v) is 9.00. The molecule has 0 fully saturated rings. The topological polar surface area (TPSA) is 80.9 Å². The van der Waals surface area contributed by atoms with E-state index >= 15 is 0 Å². The van der Waals surface area contributed by atoms with E-state index < -0.39 is 0 Å². The molecule has 1 aromatic carbocycles. The van der Waals surface area contributed by atoms with Crippen LogP contribution in [0.5, 0.6) is 0 Å². The van der Waals surface area contributed by atoms with Gasteiger partial charge in [-0.2, -0.15) is 0 Å². The quantitative estimate of drug-likeness (QED) is 0.785. The van der Waals surface area contributed by atoms with Crippen molar-refractivity contribution in [3.63, 3.8) is 0 Å². The number of nitrogens with one attached hydrogen (secondary N) is 1. The summed E-state index contributed by atoms with van der Waals surface area (Å²) in [5.41, 5.74) is 6.07. The summed E-state index contributed by atoms with van der Waals surface area (Å²) in [7, 11) is 0. The predicted molar refractivity (Wildman–Crippen MR) is 97.4 cm³/mol. The molecule has 0 saturated carbocycles. The molecule has 5 nitrogen and oxygen atoms in total. The van der Waals surface area contributed by atoms with Crippen molar-refractivity contribution in [2.24, 2.45) is 5.73 Å². The van der Waals surface area contributed by atoms with Crippen LogP contribution in [0, 0.1) is 0 Å². The van der Waals surface area contributed by atoms with Crippen LogP contribution in [0.2, 0.25) is 5.02 Å². The predicted octanol–water partition coefficient (Wildman–Crippen LogP) is 3.53. The Labute approximate surface area is 151 Å². The van der Waals surface area contributed by atoms with Gasteiger partial charge in [0.25, 0.3) is 5.91 Å². The fourth-order valence-corrected chi connectivity index (χ4v) is 2.99. The van der Waals surface area contributed by atoms with Crippen LogP contribution in [0.4, 0.5) is 0 Å². The van der Waals surface area contributed by atoms with Crippen molar-refractivity contribution in [2.45, 2.75) is 42.1 Å². The summed E-state index contributed by atoms with van der Waals surface area (Å²) in [4.78, 5) is 13.0. The maximum atomic E-state index is 12.1. The number of hydrogen-bond acceptors (Lipinski definition) is 5. The van der Waals surface area contributed by atoms with Crippen molar-refractivity contribution < 1.29 is 4.79 Å². The second-order valence-corrected chi connectivity index (χ2v) is 7.01. The molecule has 3 N–H and O–H groups in total. The average Bonchev–Trinajstić information content (AvgIpc) is 2.62. The Hall–Kier alpha value is -1.63. The van der Waals surface area contributed by atoms with E-state index in [1.807, 2.05) is 38.1 Å². The van der Waals surface area contributed by atoms with E-state index in [0.717, 1.165) is 17.7 Å². The Morgan fingerprint density at radius 2 is 1.92 bits per heavy atom. The molecular weight excluding hydrogens is 344 g/mol. The van der Waals surface area contributed by atoms with E-state index in [2.05, 4.69) is 15.5 Å². The molecule has 1 aromatic heterocycles. The summed E-state index contributed by atoms with van der Waals surface area (Å²) >= 11 is 7.52. The summed E-state index contributed by atoms with van der Waals surface area (Å²) < 4.78 is 0. The summed E-state index contributed by atoms with van der Waals surface area (Å²) in [6.07, 6.45) is 1.59. The third-order valence-corrected chi connectivity index (χ3v) is 5.38. The van der Waals surface area contributed by atoms with Crippen LogP contribution >= 0.6 is 23.4 Å². The van der Waals surface area contributed by atoms with Crippen LogP contribution in [0.15, 0.2) is 46.3 Å². The standard InChI is InChI=1S/C17H21ClN4OS/c1-3-17(19,4-2)11-20-16(23)13-9-10-15(22-21-13)24-14-8-6-5-7-12(14)18/h5-10H,3-4,11,19H2,1-2H3,(H,20,23). The Morgan fingerprint density at radius 3 is 2.50 bits per heavy atom. The van der Waals surface area contributed by atoms with E-state index in [4.69, 9.17) is 17.3 Å². The third kappa shape index (κ3) is 4.93. The molecule has 7 heteroatoms. The maximum Gasteiger partial charge on any atom is 0.271 e. The number of hydrogen-bond donors (Lipinski definition) is 2. The van der Waals surface area contributed by atoms with Gasteiger partial charge < -0.3 is 11.1 Å². The largest absolute Gasteiger partial charge is 0.349 e. The molecule has 2 aromatic rings. The molecule has 0 aliphatic rings. The number of aromatic nitrogens is 2. The second-order valence-electron chi connectivity index (χ2n) is 5.54. The zero-order valence-electron chi connectivity index (χ0n) is 13.8. The van der Waals surface area contributed by atoms with Crippen LogP contribution in [0.3, 0.4) is 0 Å². The van der Waals surface area contributed by atoms with Crippen molar-refractivity contribution in [1.82, 2.24) is 15.5 Å². The fourth-order valence-electron chi connectivity index (χ4n) is 1.98. The Balaban J connectivity index is 1.99. The Morgan fingerprint density at radius 1 is 1.21 bits per heavy atom. The van der Waals surface area contributed by atoms with Crippen LogP contribution in [-0.2, 0) is 0 Å². The zero-order valence-corrected chi connectivity index (χ0v) is 15.3. The van der Waals surface area contributed by atoms with E-state index in [1.165, 1.54) is 11.8 Å². The van der Waals surface area contributed by atoms with E-state index in [9.17, 15) is 4.79 Å². The average molecular weight is 365 g/mol. The minimum Gasteiger partial charge on any atom is -0.349 e. The lowest BCUT2D eigenvalue weighted by atomic mass is 9.94. The highest BCUT2D eigenvalue weighted by molar-refractivity contribution is 7.99. The minimum absolute atomic E-state index is 0.270. The molecule has 1 heterocycles. The number of amides is 1. The number of carbonyl (C=O) groups excluding carboxylic acids is 1. The van der Waals surface area contributed by atoms with Crippen molar-refractivity contribution >= 4 is 29.3 Å². The van der Waals surface area contributed by atoms with Gasteiger partial charge in [-0.25, -0.2) is 0 Å². The van der Waals surface area contributed by atoms with Crippen LogP contribution in [0.1, 0.15) is 37.2 Å². The zero-order chi connectivity index (χ0) is 17.6. The van der Waals surface area contributed by atoms with Gasteiger partial charge in [-0.1, -0.05) is 49.3 Å². The third-order valence-electron chi connectivity index (χ3n) is 3.93. The van der Waals surface area contributed by atoms with Crippen molar-refractivity contribution in [2.75, 3.05) is 6.54 Å². The molecule has 0 unspecified atom stereocenters. The van der Waals surface area contributed by atoms with Crippen LogP contribution in [0.25, 0.3) is 0 Å². The second kappa shape index (κ2) is 8.46. The lowest BCUT2D eigenvalue weighted by Gasteiger charge is -2.26. The van der Waals surface area contributed by atoms with Gasteiger partial charge in [-0.15, -0.1) is 10.2 Å². The highest BCUT2D eigenvalue weighted by atomic mass is 35.5. The summed E-state index contributed by atoms with van der Waals surface area (Å²) in [5.74, 6) is -0.270. The van der Waals surface area contributed by atoms with E-state index in [0.29, 0.717) is 16.6 Å². The fraction of sp³-hybridized carbons (Fsp3) is 0.353. The lowest BCUT2D eigenvalue weighted by molar-refractivity contribution is 0.0936. The molecular formula is C17H21ClN4OS. The molecule has 0 atom stereocenters. The van der Waals surface area contributed by atoms with Gasteiger partial charge in [0.1, 0.15) is 5.03 Å². The van der Waals surface area contributed by atoms with Gasteiger partial charge in [0, 0.05) is 17.0 Å². The summed E-state index contributed by atoms with van der Waals surface area (Å²) in [6.45, 7) is 4.43. The first-order chi connectivity index (χ1) is 11.5. The van der Waals surface area contributed by atoms with Gasteiger partial charge in [-0.3, -0.25) is 4.79 Å². The molecule has 0 aliphatic heterocycles. The number of halogens is 1. The van der Waals surface area contributed by atoms with Crippen molar-refractivity contribution in [1.29, 1.82) is 0 Å². The van der Waals surface area contributed by atoms with Gasteiger partial charge in [0.05, 0.1) is 5.02 Å². The minimum atomic E-state index is -0.386. The molecule has 24 heavy (non-hydrogen) atoms. The number of carbonyl (C=O) groups is 1. The first-order valence-electron chi connectivity index (χ1n) is 7.80. The van der Waals surface area contributed by atoms with Gasteiger partial charge >= 0.3 is 0 Å². The van der Waals surface area contributed by atoms with Crippen molar-refractivity contribution in [3.05, 3.63) is 47.1 Å². The molecule has 0 bridgehead atoms. The SMILES string of the molecule is CCC(N)(CC)CNC(=O)c1ccc(Sc2ccccc2Cl)nn1. The molecule has 0 aliphatic carbocycles. The van der Waals surface area contributed by atoms with E-state index in [1.54, 1.807) is 12.1 Å². The Bertz CT molecular complexity index is 689. The van der Waals surface area contributed by atoms with Gasteiger partial charge in [0.2, 0.25) is 0 Å². The number of rotatable bonds is 7. The molecule has 0 saturated heterocycles. The molecule has 128 valence electrons. The molecule has 0 spiro atoms. The maximum absolute atomic E-state index is 12.1.